The van der Waals surface area contributed by atoms with Crippen molar-refractivity contribution in [2.75, 3.05) is 13.1 Å². The highest BCUT2D eigenvalue weighted by atomic mass is 19.1. The van der Waals surface area contributed by atoms with Gasteiger partial charge in [0.05, 0.1) is 0 Å². The van der Waals surface area contributed by atoms with Gasteiger partial charge < -0.3 is 4.90 Å². The van der Waals surface area contributed by atoms with Crippen molar-refractivity contribution >= 4 is 5.91 Å². The molecule has 110 valence electrons. The van der Waals surface area contributed by atoms with Crippen molar-refractivity contribution in [1.82, 2.24) is 15.1 Å². The third-order valence-corrected chi connectivity index (χ3v) is 4.05. The summed E-state index contributed by atoms with van der Waals surface area (Å²) in [5, 5.41) is 6.52. The van der Waals surface area contributed by atoms with Crippen molar-refractivity contribution in [3.63, 3.8) is 0 Å². The molecule has 0 saturated carbocycles. The summed E-state index contributed by atoms with van der Waals surface area (Å²) in [7, 11) is 0. The van der Waals surface area contributed by atoms with Gasteiger partial charge >= 0.3 is 0 Å². The number of nitrogens with zero attached hydrogens (tertiary/aromatic N) is 2. The first-order valence-corrected chi connectivity index (χ1v) is 7.17. The summed E-state index contributed by atoms with van der Waals surface area (Å²) in [4.78, 5) is 14.1. The Kier molecular flexibility index (Phi) is 3.73. The van der Waals surface area contributed by atoms with Crippen LogP contribution in [0.5, 0.6) is 0 Å². The lowest BCUT2D eigenvalue weighted by Crippen LogP contribution is -2.29. The molecule has 2 aromatic rings. The van der Waals surface area contributed by atoms with Gasteiger partial charge in [0.2, 0.25) is 0 Å². The molecule has 2 heterocycles. The SMILES string of the molecule is Cc1cc(CC2CCN(C(=O)c3ccn[nH]3)C2)ccc1F. The first-order valence-electron chi connectivity index (χ1n) is 7.17. The van der Waals surface area contributed by atoms with Crippen molar-refractivity contribution in [2.45, 2.75) is 19.8 Å². The van der Waals surface area contributed by atoms with Crippen molar-refractivity contribution < 1.29 is 9.18 Å². The molecule has 1 aliphatic rings. The highest BCUT2D eigenvalue weighted by Gasteiger charge is 2.27. The molecule has 21 heavy (non-hydrogen) atoms. The van der Waals surface area contributed by atoms with Crippen LogP contribution < -0.4 is 0 Å². The van der Waals surface area contributed by atoms with E-state index in [1.807, 2.05) is 17.0 Å². The number of aryl methyl sites for hydroxylation is 1. The van der Waals surface area contributed by atoms with Gasteiger partial charge in [0.25, 0.3) is 5.91 Å². The van der Waals surface area contributed by atoms with Crippen molar-refractivity contribution in [3.05, 3.63) is 53.1 Å². The predicted molar refractivity (Wildman–Crippen MR) is 77.4 cm³/mol. The Morgan fingerprint density at radius 1 is 1.48 bits per heavy atom. The number of likely N-dealkylation sites (tertiary alicyclic amines) is 1. The number of amides is 1. The third-order valence-electron chi connectivity index (χ3n) is 4.05. The molecule has 5 heteroatoms. The average Bonchev–Trinajstić information content (AvgIpc) is 3.13. The lowest BCUT2D eigenvalue weighted by Gasteiger charge is -2.15. The molecule has 4 nitrogen and oxygen atoms in total. The number of hydrogen-bond donors (Lipinski definition) is 1. The van der Waals surface area contributed by atoms with Crippen LogP contribution in [0.1, 0.15) is 28.0 Å². The van der Waals surface area contributed by atoms with E-state index in [1.54, 1.807) is 19.2 Å². The molecule has 1 unspecified atom stereocenters. The Labute approximate surface area is 123 Å². The molecular weight excluding hydrogens is 269 g/mol. The number of benzene rings is 1. The summed E-state index contributed by atoms with van der Waals surface area (Å²) in [5.41, 5.74) is 2.35. The quantitative estimate of drug-likeness (QED) is 0.943. The number of aromatic nitrogens is 2. The van der Waals surface area contributed by atoms with Crippen LogP contribution in [0.15, 0.2) is 30.5 Å². The molecule has 0 bridgehead atoms. The number of hydrogen-bond acceptors (Lipinski definition) is 2. The topological polar surface area (TPSA) is 49.0 Å². The van der Waals surface area contributed by atoms with Crippen LogP contribution >= 0.6 is 0 Å². The number of carbonyl (C=O) groups excluding carboxylic acids is 1. The molecule has 1 aromatic carbocycles. The van der Waals surface area contributed by atoms with E-state index in [9.17, 15) is 9.18 Å². The van der Waals surface area contributed by atoms with E-state index in [0.717, 1.165) is 31.5 Å². The fraction of sp³-hybridized carbons (Fsp3) is 0.375. The minimum Gasteiger partial charge on any atom is -0.337 e. The Balaban J connectivity index is 1.62. The number of halogens is 1. The van der Waals surface area contributed by atoms with Crippen LogP contribution in [-0.2, 0) is 6.42 Å². The monoisotopic (exact) mass is 287 g/mol. The summed E-state index contributed by atoms with van der Waals surface area (Å²) in [6.07, 6.45) is 3.45. The maximum Gasteiger partial charge on any atom is 0.271 e. The maximum atomic E-state index is 13.3. The number of rotatable bonds is 3. The summed E-state index contributed by atoms with van der Waals surface area (Å²) in [5.74, 6) is 0.272. The first-order chi connectivity index (χ1) is 10.1. The fourth-order valence-corrected chi connectivity index (χ4v) is 2.90. The van der Waals surface area contributed by atoms with Crippen LogP contribution in [0.2, 0.25) is 0 Å². The minimum atomic E-state index is -0.166. The first kappa shape index (κ1) is 13.8. The molecule has 0 radical (unpaired) electrons. The molecule has 1 aromatic heterocycles. The number of nitrogens with one attached hydrogen (secondary N) is 1. The standard InChI is InChI=1S/C16H18FN3O/c1-11-8-12(2-3-14(11)17)9-13-5-7-20(10-13)16(21)15-4-6-18-19-15/h2-4,6,8,13H,5,7,9-10H2,1H3,(H,18,19). The van der Waals surface area contributed by atoms with E-state index >= 15 is 0 Å². The van der Waals surface area contributed by atoms with Crippen molar-refractivity contribution in [1.29, 1.82) is 0 Å². The third kappa shape index (κ3) is 2.96. The number of aromatic amines is 1. The molecule has 3 rings (SSSR count). The van der Waals surface area contributed by atoms with Gasteiger partial charge in [0.15, 0.2) is 0 Å². The fourth-order valence-electron chi connectivity index (χ4n) is 2.90. The van der Waals surface area contributed by atoms with E-state index in [0.29, 0.717) is 17.2 Å². The molecule has 1 saturated heterocycles. The van der Waals surface area contributed by atoms with E-state index in [1.165, 1.54) is 6.07 Å². The zero-order valence-corrected chi connectivity index (χ0v) is 12.0. The number of H-pyrrole nitrogens is 1. The van der Waals surface area contributed by atoms with Crippen LogP contribution in [0.25, 0.3) is 0 Å². The minimum absolute atomic E-state index is 0.00490. The molecule has 1 atom stereocenters. The van der Waals surface area contributed by atoms with Gasteiger partial charge in [-0.15, -0.1) is 0 Å². The van der Waals surface area contributed by atoms with Gasteiger partial charge in [-0.3, -0.25) is 9.89 Å². The summed E-state index contributed by atoms with van der Waals surface area (Å²) >= 11 is 0. The normalized spacial score (nSPS) is 18.2. The molecule has 1 N–H and O–H groups in total. The van der Waals surface area contributed by atoms with Gasteiger partial charge in [-0.25, -0.2) is 4.39 Å². The average molecular weight is 287 g/mol. The van der Waals surface area contributed by atoms with Crippen molar-refractivity contribution in [3.8, 4) is 0 Å². The maximum absolute atomic E-state index is 13.3. The lowest BCUT2D eigenvalue weighted by atomic mass is 9.97. The molecule has 0 aliphatic carbocycles. The summed E-state index contributed by atoms with van der Waals surface area (Å²) in [6.45, 7) is 3.29. The van der Waals surface area contributed by atoms with Gasteiger partial charge in [-0.05, 0) is 48.9 Å². The highest BCUT2D eigenvalue weighted by Crippen LogP contribution is 2.23. The summed E-state index contributed by atoms with van der Waals surface area (Å²) < 4.78 is 13.3. The molecule has 0 spiro atoms. The van der Waals surface area contributed by atoms with Crippen LogP contribution in [-0.4, -0.2) is 34.1 Å². The largest absolute Gasteiger partial charge is 0.337 e. The second-order valence-corrected chi connectivity index (χ2v) is 5.66. The van der Waals surface area contributed by atoms with Gasteiger partial charge in [-0.1, -0.05) is 12.1 Å². The molecule has 1 aliphatic heterocycles. The van der Waals surface area contributed by atoms with E-state index in [4.69, 9.17) is 0 Å². The van der Waals surface area contributed by atoms with Crippen LogP contribution in [0, 0.1) is 18.7 Å². The molecule has 1 fully saturated rings. The van der Waals surface area contributed by atoms with E-state index in [-0.39, 0.29) is 11.7 Å². The second-order valence-electron chi connectivity index (χ2n) is 5.66. The zero-order valence-electron chi connectivity index (χ0n) is 12.0. The van der Waals surface area contributed by atoms with Gasteiger partial charge in [-0.2, -0.15) is 5.10 Å². The summed E-state index contributed by atoms with van der Waals surface area (Å²) in [6, 6.07) is 6.95. The van der Waals surface area contributed by atoms with Crippen molar-refractivity contribution in [2.24, 2.45) is 5.92 Å². The lowest BCUT2D eigenvalue weighted by molar-refractivity contribution is 0.0781. The highest BCUT2D eigenvalue weighted by molar-refractivity contribution is 5.92. The van der Waals surface area contributed by atoms with Gasteiger partial charge in [0.1, 0.15) is 11.5 Å². The Hall–Kier alpha value is -2.17. The Morgan fingerprint density at radius 2 is 2.33 bits per heavy atom. The smallest absolute Gasteiger partial charge is 0.271 e. The van der Waals surface area contributed by atoms with Crippen LogP contribution in [0.3, 0.4) is 0 Å². The molecule has 1 amide bonds. The predicted octanol–water partition coefficient (Wildman–Crippen LogP) is 2.56. The molecular formula is C16H18FN3O. The van der Waals surface area contributed by atoms with Gasteiger partial charge in [0, 0.05) is 19.3 Å². The van der Waals surface area contributed by atoms with E-state index < -0.39 is 0 Å². The zero-order chi connectivity index (χ0) is 14.8. The van der Waals surface area contributed by atoms with E-state index in [2.05, 4.69) is 10.2 Å². The Morgan fingerprint density at radius 3 is 3.05 bits per heavy atom. The number of carbonyl (C=O) groups is 1. The van der Waals surface area contributed by atoms with Crippen LogP contribution in [0.4, 0.5) is 4.39 Å². The Bertz CT molecular complexity index is 639. The second kappa shape index (κ2) is 5.68.